The molecule has 2 fully saturated rings. The molecule has 2 heterocycles. The molecule has 6 heteroatoms. The zero-order valence-electron chi connectivity index (χ0n) is 14.5. The molecule has 2 aromatic carbocycles. The van der Waals surface area contributed by atoms with Crippen molar-refractivity contribution in [2.24, 2.45) is 0 Å². The number of phenols is 1. The van der Waals surface area contributed by atoms with Crippen molar-refractivity contribution in [1.82, 2.24) is 5.32 Å². The highest BCUT2D eigenvalue weighted by Gasteiger charge is 2.34. The molecule has 2 aliphatic heterocycles. The minimum Gasteiger partial charge on any atom is -0.508 e. The quantitative estimate of drug-likeness (QED) is 0.880. The number of hydrogen-bond donors (Lipinski definition) is 2. The second-order valence-electron chi connectivity index (χ2n) is 6.73. The molecule has 136 valence electrons. The van der Waals surface area contributed by atoms with Gasteiger partial charge >= 0.3 is 0 Å². The van der Waals surface area contributed by atoms with Crippen molar-refractivity contribution in [3.8, 4) is 5.75 Å². The molecule has 2 saturated heterocycles. The van der Waals surface area contributed by atoms with Crippen LogP contribution in [0.5, 0.6) is 5.75 Å². The van der Waals surface area contributed by atoms with Gasteiger partial charge in [-0.05, 0) is 24.3 Å². The summed E-state index contributed by atoms with van der Waals surface area (Å²) in [6.45, 7) is 2.78. The molecule has 1 amide bonds. The van der Waals surface area contributed by atoms with Gasteiger partial charge in [-0.1, -0.05) is 24.3 Å². The molecule has 2 aliphatic rings. The van der Waals surface area contributed by atoms with E-state index in [2.05, 4.69) is 27.2 Å². The zero-order chi connectivity index (χ0) is 17.9. The van der Waals surface area contributed by atoms with Crippen LogP contribution < -0.4 is 15.1 Å². The summed E-state index contributed by atoms with van der Waals surface area (Å²) in [5.41, 5.74) is 2.16. The Hall–Kier alpha value is -2.73. The van der Waals surface area contributed by atoms with Gasteiger partial charge in [0.1, 0.15) is 18.6 Å². The van der Waals surface area contributed by atoms with Crippen molar-refractivity contribution in [3.63, 3.8) is 0 Å². The Balaban J connectivity index is 1.58. The van der Waals surface area contributed by atoms with Gasteiger partial charge in [0.05, 0.1) is 0 Å². The number of para-hydroxylation sites is 1. The predicted molar refractivity (Wildman–Crippen MR) is 100 cm³/mol. The van der Waals surface area contributed by atoms with Gasteiger partial charge < -0.3 is 25.0 Å². The number of carbonyl (C=O) groups excluding carboxylic acids is 1. The lowest BCUT2D eigenvalue weighted by molar-refractivity contribution is -0.123. The molecule has 2 N–H and O–H groups in total. The van der Waals surface area contributed by atoms with Crippen LogP contribution >= 0.6 is 0 Å². The number of carbonyl (C=O) groups is 1. The number of aromatic hydroxyl groups is 1. The number of amides is 1. The molecule has 4 rings (SSSR count). The number of benzene rings is 2. The molecule has 6 nitrogen and oxygen atoms in total. The number of nitrogens with one attached hydrogen (secondary N) is 1. The van der Waals surface area contributed by atoms with Crippen LogP contribution in [0.1, 0.15) is 6.42 Å². The van der Waals surface area contributed by atoms with Gasteiger partial charge in [-0.3, -0.25) is 4.79 Å². The van der Waals surface area contributed by atoms with Crippen molar-refractivity contribution in [2.75, 3.05) is 36.2 Å². The lowest BCUT2D eigenvalue weighted by Gasteiger charge is -2.44. The number of rotatable bonds is 4. The lowest BCUT2D eigenvalue weighted by Crippen LogP contribution is -2.55. The summed E-state index contributed by atoms with van der Waals surface area (Å²) in [7, 11) is 0. The van der Waals surface area contributed by atoms with E-state index in [1.165, 1.54) is 5.69 Å². The number of ether oxygens (including phenoxy) is 1. The Morgan fingerprint density at radius 1 is 1.08 bits per heavy atom. The lowest BCUT2D eigenvalue weighted by atomic mass is 10.0. The standard InChI is InChI=1S/C20H23N3O3/c24-18-8-4-7-16(11-18)23-10-9-22(15-5-2-1-3-6-15)13-17(23)12-19-20(25)21-14-26-19/h1-8,11,17,19,24H,9-10,12-14H2,(H,21,25). The van der Waals surface area contributed by atoms with Gasteiger partial charge in [0.2, 0.25) is 0 Å². The van der Waals surface area contributed by atoms with E-state index < -0.39 is 6.10 Å². The van der Waals surface area contributed by atoms with Crippen LogP contribution in [0.4, 0.5) is 11.4 Å². The van der Waals surface area contributed by atoms with Crippen molar-refractivity contribution in [1.29, 1.82) is 0 Å². The van der Waals surface area contributed by atoms with Crippen molar-refractivity contribution < 1.29 is 14.6 Å². The highest BCUT2D eigenvalue weighted by molar-refractivity contribution is 5.82. The minimum absolute atomic E-state index is 0.0438. The molecule has 0 spiro atoms. The number of anilines is 2. The molecule has 2 atom stereocenters. The maximum atomic E-state index is 12.0. The third-order valence-corrected chi connectivity index (χ3v) is 5.07. The first-order valence-electron chi connectivity index (χ1n) is 8.96. The Labute approximate surface area is 153 Å². The van der Waals surface area contributed by atoms with E-state index in [0.717, 1.165) is 25.3 Å². The minimum atomic E-state index is -0.421. The first-order valence-corrected chi connectivity index (χ1v) is 8.96. The highest BCUT2D eigenvalue weighted by Crippen LogP contribution is 2.29. The van der Waals surface area contributed by atoms with E-state index in [1.54, 1.807) is 12.1 Å². The maximum Gasteiger partial charge on any atom is 0.251 e. The fraction of sp³-hybridized carbons (Fsp3) is 0.350. The molecule has 26 heavy (non-hydrogen) atoms. The van der Waals surface area contributed by atoms with Gasteiger partial charge in [-0.2, -0.15) is 0 Å². The van der Waals surface area contributed by atoms with E-state index >= 15 is 0 Å². The SMILES string of the molecule is O=C1NCOC1CC1CN(c2ccccc2)CCN1c1cccc(O)c1. The summed E-state index contributed by atoms with van der Waals surface area (Å²) in [4.78, 5) is 16.6. The second-order valence-corrected chi connectivity index (χ2v) is 6.73. The summed E-state index contributed by atoms with van der Waals surface area (Å²) in [6, 6.07) is 17.7. The van der Waals surface area contributed by atoms with Gasteiger partial charge in [-0.25, -0.2) is 0 Å². The first-order chi connectivity index (χ1) is 12.7. The van der Waals surface area contributed by atoms with E-state index in [9.17, 15) is 9.90 Å². The van der Waals surface area contributed by atoms with E-state index in [-0.39, 0.29) is 24.4 Å². The van der Waals surface area contributed by atoms with Crippen molar-refractivity contribution in [3.05, 3.63) is 54.6 Å². The molecule has 2 unspecified atom stereocenters. The van der Waals surface area contributed by atoms with Crippen molar-refractivity contribution >= 4 is 17.3 Å². The smallest absolute Gasteiger partial charge is 0.251 e. The summed E-state index contributed by atoms with van der Waals surface area (Å²) >= 11 is 0. The molecule has 0 bridgehead atoms. The molecule has 0 aliphatic carbocycles. The molecule has 2 aromatic rings. The Morgan fingerprint density at radius 3 is 2.62 bits per heavy atom. The highest BCUT2D eigenvalue weighted by atomic mass is 16.5. The molecular formula is C20H23N3O3. The molecule has 0 saturated carbocycles. The second kappa shape index (κ2) is 7.25. The Kier molecular flexibility index (Phi) is 4.67. The summed E-state index contributed by atoms with van der Waals surface area (Å²) < 4.78 is 5.56. The van der Waals surface area contributed by atoms with Gasteiger partial charge in [0, 0.05) is 49.5 Å². The maximum absolute atomic E-state index is 12.0. The average molecular weight is 353 g/mol. The number of nitrogens with zero attached hydrogens (tertiary/aromatic N) is 2. The largest absolute Gasteiger partial charge is 0.508 e. The summed E-state index contributed by atoms with van der Waals surface area (Å²) in [6.07, 6.45) is 0.195. The number of phenolic OH excluding ortho intramolecular Hbond substituents is 1. The van der Waals surface area contributed by atoms with Crippen LogP contribution in [0.15, 0.2) is 54.6 Å². The van der Waals surface area contributed by atoms with Crippen LogP contribution in [0.3, 0.4) is 0 Å². The first kappa shape index (κ1) is 16.7. The summed E-state index contributed by atoms with van der Waals surface area (Å²) in [5.74, 6) is 0.208. The zero-order valence-corrected chi connectivity index (χ0v) is 14.5. The predicted octanol–water partition coefficient (Wildman–Crippen LogP) is 1.95. The van der Waals surface area contributed by atoms with Gasteiger partial charge in [0.25, 0.3) is 5.91 Å². The third-order valence-electron chi connectivity index (χ3n) is 5.07. The molecule has 0 aromatic heterocycles. The number of piperazine rings is 1. The van der Waals surface area contributed by atoms with Crippen molar-refractivity contribution in [2.45, 2.75) is 18.6 Å². The topological polar surface area (TPSA) is 65.0 Å². The van der Waals surface area contributed by atoms with E-state index in [0.29, 0.717) is 6.42 Å². The van der Waals surface area contributed by atoms with Crippen LogP contribution in [0, 0.1) is 0 Å². The molecular weight excluding hydrogens is 330 g/mol. The average Bonchev–Trinajstić information content (AvgIpc) is 3.07. The Bertz CT molecular complexity index is 768. The molecule has 0 radical (unpaired) electrons. The Morgan fingerprint density at radius 2 is 1.88 bits per heavy atom. The van der Waals surface area contributed by atoms with Crippen LogP contribution in [0.25, 0.3) is 0 Å². The fourth-order valence-electron chi connectivity index (χ4n) is 3.77. The van der Waals surface area contributed by atoms with Crippen LogP contribution in [-0.4, -0.2) is 49.5 Å². The fourth-order valence-corrected chi connectivity index (χ4v) is 3.77. The van der Waals surface area contributed by atoms with Crippen LogP contribution in [-0.2, 0) is 9.53 Å². The summed E-state index contributed by atoms with van der Waals surface area (Å²) in [5, 5.41) is 12.6. The van der Waals surface area contributed by atoms with Gasteiger partial charge in [-0.15, -0.1) is 0 Å². The number of hydrogen-bond acceptors (Lipinski definition) is 5. The van der Waals surface area contributed by atoms with Gasteiger partial charge in [0.15, 0.2) is 0 Å². The monoisotopic (exact) mass is 353 g/mol. The normalized spacial score (nSPS) is 23.2. The van der Waals surface area contributed by atoms with E-state index in [4.69, 9.17) is 4.74 Å². The third kappa shape index (κ3) is 3.46. The van der Waals surface area contributed by atoms with E-state index in [1.807, 2.05) is 30.3 Å². The van der Waals surface area contributed by atoms with Crippen LogP contribution in [0.2, 0.25) is 0 Å².